The highest BCUT2D eigenvalue weighted by Gasteiger charge is 2.19. The number of carbonyl (C=O) groups excluding carboxylic acids is 1. The highest BCUT2D eigenvalue weighted by molar-refractivity contribution is 6.07. The van der Waals surface area contributed by atoms with Crippen molar-refractivity contribution in [2.75, 3.05) is 0 Å². The Kier molecular flexibility index (Phi) is 3.84. The molecule has 3 heterocycles. The number of nitrogens with one attached hydrogen (secondary N) is 1. The van der Waals surface area contributed by atoms with Crippen LogP contribution >= 0.6 is 0 Å². The van der Waals surface area contributed by atoms with E-state index in [1.54, 1.807) is 6.26 Å². The normalized spacial score (nSPS) is 12.7. The van der Waals surface area contributed by atoms with Gasteiger partial charge in [0.15, 0.2) is 5.58 Å². The first kappa shape index (κ1) is 15.6. The van der Waals surface area contributed by atoms with Gasteiger partial charge in [-0.1, -0.05) is 12.1 Å². The molecule has 0 saturated carbocycles. The van der Waals surface area contributed by atoms with Crippen LogP contribution in [0.25, 0.3) is 22.1 Å². The number of furan rings is 2. The second kappa shape index (κ2) is 6.16. The summed E-state index contributed by atoms with van der Waals surface area (Å²) in [6.07, 6.45) is 3.29. The van der Waals surface area contributed by atoms with Crippen molar-refractivity contribution >= 4 is 28.0 Å². The van der Waals surface area contributed by atoms with Crippen LogP contribution in [0.4, 0.5) is 0 Å². The first-order chi connectivity index (χ1) is 12.1. The van der Waals surface area contributed by atoms with E-state index in [0.29, 0.717) is 5.69 Å². The Morgan fingerprint density at radius 2 is 2.04 bits per heavy atom. The fourth-order valence-corrected chi connectivity index (χ4v) is 3.24. The van der Waals surface area contributed by atoms with Crippen LogP contribution in [-0.4, -0.2) is 16.5 Å². The smallest absolute Gasteiger partial charge is 0.268 e. The Morgan fingerprint density at radius 1 is 1.20 bits per heavy atom. The molecule has 0 fully saturated rings. The van der Waals surface area contributed by atoms with E-state index in [4.69, 9.17) is 8.83 Å². The molecule has 5 heteroatoms. The molecule has 0 aliphatic rings. The number of fused-ring (bicyclic) bond motifs is 3. The summed E-state index contributed by atoms with van der Waals surface area (Å²) >= 11 is 0. The molecule has 1 amide bonds. The van der Waals surface area contributed by atoms with Crippen LogP contribution in [0.2, 0.25) is 0 Å². The van der Waals surface area contributed by atoms with Crippen LogP contribution in [0.1, 0.15) is 29.6 Å². The molecule has 0 saturated heterocycles. The molecule has 0 aliphatic heterocycles. The Morgan fingerprint density at radius 3 is 2.84 bits per heavy atom. The monoisotopic (exact) mass is 336 g/mol. The Hall–Kier alpha value is -2.95. The van der Waals surface area contributed by atoms with Gasteiger partial charge < -0.3 is 18.7 Å². The number of carbonyl (C=O) groups is 1. The fourth-order valence-electron chi connectivity index (χ4n) is 3.24. The lowest BCUT2D eigenvalue weighted by Crippen LogP contribution is -2.33. The van der Waals surface area contributed by atoms with E-state index in [2.05, 4.69) is 5.32 Å². The molecule has 0 spiro atoms. The summed E-state index contributed by atoms with van der Waals surface area (Å²) in [6, 6.07) is 13.5. The largest absolute Gasteiger partial charge is 0.469 e. The summed E-state index contributed by atoms with van der Waals surface area (Å²) in [5, 5.41) is 4.07. The molecule has 3 aromatic heterocycles. The molecule has 0 bridgehead atoms. The van der Waals surface area contributed by atoms with Gasteiger partial charge in [-0.3, -0.25) is 4.79 Å². The van der Waals surface area contributed by atoms with Gasteiger partial charge in [-0.05, 0) is 37.6 Å². The number of benzene rings is 1. The third-order valence-electron chi connectivity index (χ3n) is 4.57. The van der Waals surface area contributed by atoms with Gasteiger partial charge in [0.1, 0.15) is 17.0 Å². The molecule has 1 unspecified atom stereocenters. The van der Waals surface area contributed by atoms with Crippen LogP contribution in [0.5, 0.6) is 0 Å². The fraction of sp³-hybridized carbons (Fsp3) is 0.250. The van der Waals surface area contributed by atoms with Crippen LogP contribution in [0.15, 0.2) is 57.6 Å². The Labute approximate surface area is 145 Å². The number of hydrogen-bond acceptors (Lipinski definition) is 3. The van der Waals surface area contributed by atoms with Gasteiger partial charge in [-0.25, -0.2) is 0 Å². The summed E-state index contributed by atoms with van der Waals surface area (Å²) in [6.45, 7) is 2.00. The number of amides is 1. The van der Waals surface area contributed by atoms with Gasteiger partial charge in [0.25, 0.3) is 5.91 Å². The van der Waals surface area contributed by atoms with Crippen molar-refractivity contribution in [2.24, 2.45) is 7.05 Å². The lowest BCUT2D eigenvalue weighted by Gasteiger charge is -2.13. The van der Waals surface area contributed by atoms with Crippen molar-refractivity contribution in [1.29, 1.82) is 0 Å². The second-order valence-electron chi connectivity index (χ2n) is 6.39. The van der Waals surface area contributed by atoms with E-state index in [-0.39, 0.29) is 11.9 Å². The van der Waals surface area contributed by atoms with Crippen molar-refractivity contribution in [3.8, 4) is 0 Å². The Balaban J connectivity index is 1.52. The maximum atomic E-state index is 12.6. The van der Waals surface area contributed by atoms with Crippen LogP contribution in [0, 0.1) is 0 Å². The SMILES string of the molecule is CC(CCc1ccco1)NC(=O)c1cc2oc3ccccc3c2n1C. The third kappa shape index (κ3) is 2.82. The van der Waals surface area contributed by atoms with Crippen LogP contribution in [0.3, 0.4) is 0 Å². The van der Waals surface area contributed by atoms with Crippen molar-refractivity contribution in [3.63, 3.8) is 0 Å². The first-order valence-electron chi connectivity index (χ1n) is 8.43. The lowest BCUT2D eigenvalue weighted by molar-refractivity contribution is 0.0930. The number of hydrogen-bond donors (Lipinski definition) is 1. The van der Waals surface area contributed by atoms with Crippen LogP contribution in [-0.2, 0) is 13.5 Å². The zero-order chi connectivity index (χ0) is 17.4. The zero-order valence-electron chi connectivity index (χ0n) is 14.3. The molecule has 0 aliphatic carbocycles. The summed E-state index contributed by atoms with van der Waals surface area (Å²) in [5.41, 5.74) is 3.12. The second-order valence-corrected chi connectivity index (χ2v) is 6.39. The molecule has 1 atom stereocenters. The minimum atomic E-state index is -0.0927. The molecule has 0 radical (unpaired) electrons. The standard InChI is InChI=1S/C20H20N2O3/c1-13(9-10-14-6-5-11-24-14)21-20(23)16-12-18-19(22(16)2)15-7-3-4-8-17(15)25-18/h3-8,11-13H,9-10H2,1-2H3,(H,21,23). The van der Waals surface area contributed by atoms with E-state index >= 15 is 0 Å². The average molecular weight is 336 g/mol. The Bertz CT molecular complexity index is 1020. The first-order valence-corrected chi connectivity index (χ1v) is 8.43. The van der Waals surface area contributed by atoms with E-state index < -0.39 is 0 Å². The van der Waals surface area contributed by atoms with Gasteiger partial charge in [0.05, 0.1) is 11.8 Å². The third-order valence-corrected chi connectivity index (χ3v) is 4.57. The number of nitrogens with zero attached hydrogens (tertiary/aromatic N) is 1. The van der Waals surface area contributed by atoms with Gasteiger partial charge in [-0.2, -0.15) is 0 Å². The summed E-state index contributed by atoms with van der Waals surface area (Å²) in [4.78, 5) is 12.6. The number of aromatic nitrogens is 1. The quantitative estimate of drug-likeness (QED) is 0.592. The number of para-hydroxylation sites is 1. The minimum Gasteiger partial charge on any atom is -0.469 e. The molecular weight excluding hydrogens is 316 g/mol. The number of aryl methyl sites for hydroxylation is 2. The predicted octanol–water partition coefficient (Wildman–Crippen LogP) is 4.27. The molecule has 25 heavy (non-hydrogen) atoms. The van der Waals surface area contributed by atoms with Crippen molar-refractivity contribution in [2.45, 2.75) is 25.8 Å². The molecule has 4 aromatic rings. The van der Waals surface area contributed by atoms with Crippen molar-refractivity contribution in [1.82, 2.24) is 9.88 Å². The van der Waals surface area contributed by atoms with Gasteiger partial charge in [-0.15, -0.1) is 0 Å². The maximum Gasteiger partial charge on any atom is 0.268 e. The summed E-state index contributed by atoms with van der Waals surface area (Å²) < 4.78 is 13.1. The molecule has 1 N–H and O–H groups in total. The molecular formula is C20H20N2O3. The molecule has 5 nitrogen and oxygen atoms in total. The van der Waals surface area contributed by atoms with E-state index in [1.165, 1.54) is 0 Å². The minimum absolute atomic E-state index is 0.0514. The van der Waals surface area contributed by atoms with E-state index in [0.717, 1.165) is 40.7 Å². The zero-order valence-corrected chi connectivity index (χ0v) is 14.3. The van der Waals surface area contributed by atoms with Gasteiger partial charge >= 0.3 is 0 Å². The molecule has 4 rings (SSSR count). The lowest BCUT2D eigenvalue weighted by atomic mass is 10.1. The van der Waals surface area contributed by atoms with Gasteiger partial charge in [0, 0.05) is 31.0 Å². The van der Waals surface area contributed by atoms with Crippen LogP contribution < -0.4 is 5.32 Å². The summed E-state index contributed by atoms with van der Waals surface area (Å²) in [7, 11) is 1.90. The summed E-state index contributed by atoms with van der Waals surface area (Å²) in [5.74, 6) is 0.842. The highest BCUT2D eigenvalue weighted by atomic mass is 16.3. The molecule has 1 aromatic carbocycles. The topological polar surface area (TPSA) is 60.3 Å². The highest BCUT2D eigenvalue weighted by Crippen LogP contribution is 2.30. The van der Waals surface area contributed by atoms with E-state index in [1.807, 2.05) is 61.0 Å². The number of rotatable bonds is 5. The van der Waals surface area contributed by atoms with Crippen molar-refractivity contribution < 1.29 is 13.6 Å². The van der Waals surface area contributed by atoms with Crippen molar-refractivity contribution in [3.05, 3.63) is 60.2 Å². The maximum absolute atomic E-state index is 12.6. The average Bonchev–Trinajstić information content (AvgIpc) is 3.29. The van der Waals surface area contributed by atoms with Gasteiger partial charge in [0.2, 0.25) is 0 Å². The molecule has 128 valence electrons. The predicted molar refractivity (Wildman–Crippen MR) is 96.6 cm³/mol. The van der Waals surface area contributed by atoms with E-state index in [9.17, 15) is 4.79 Å².